The number of hydrogen-bond donors (Lipinski definition) is 1. The Morgan fingerprint density at radius 1 is 1.57 bits per heavy atom. The van der Waals surface area contributed by atoms with E-state index < -0.39 is 0 Å². The molecule has 0 fully saturated rings. The summed E-state index contributed by atoms with van der Waals surface area (Å²) in [6.45, 7) is 2.15. The monoisotopic (exact) mass is 272 g/mol. The average Bonchev–Trinajstić information content (AvgIpc) is 2.56. The summed E-state index contributed by atoms with van der Waals surface area (Å²) in [5.41, 5.74) is 2.05. The minimum atomic E-state index is 0.730. The number of fused-ring (bicyclic) bond motifs is 1. The number of aromatic amines is 1. The molecule has 0 radical (unpaired) electrons. The fourth-order valence-electron chi connectivity index (χ4n) is 1.48. The van der Waals surface area contributed by atoms with Gasteiger partial charge in [0.15, 0.2) is 0 Å². The number of nitrogens with zero attached hydrogens (tertiary/aromatic N) is 1. The third-order valence-electron chi connectivity index (χ3n) is 2.13. The zero-order chi connectivity index (χ0) is 10.1. The van der Waals surface area contributed by atoms with Gasteiger partial charge < -0.3 is 4.98 Å². The maximum atomic E-state index is 6.13. The van der Waals surface area contributed by atoms with E-state index >= 15 is 0 Å². The van der Waals surface area contributed by atoms with Gasteiger partial charge in [0, 0.05) is 17.3 Å². The van der Waals surface area contributed by atoms with E-state index in [9.17, 15) is 0 Å². The number of rotatable bonds is 2. The van der Waals surface area contributed by atoms with Gasteiger partial charge >= 0.3 is 0 Å². The van der Waals surface area contributed by atoms with E-state index in [1.807, 2.05) is 0 Å². The first-order chi connectivity index (χ1) is 6.72. The molecule has 0 unspecified atom stereocenters. The molecule has 0 atom stereocenters. The van der Waals surface area contributed by atoms with E-state index in [1.165, 1.54) is 5.69 Å². The topological polar surface area (TPSA) is 28.7 Å². The molecule has 2 aromatic rings. The number of pyridine rings is 1. The summed E-state index contributed by atoms with van der Waals surface area (Å²) in [5, 5.41) is 1.72. The maximum absolute atomic E-state index is 6.13. The van der Waals surface area contributed by atoms with E-state index in [2.05, 4.69) is 38.9 Å². The Morgan fingerprint density at radius 3 is 3.07 bits per heavy atom. The fraction of sp³-hybridized carbons (Fsp3) is 0.300. The van der Waals surface area contributed by atoms with Gasteiger partial charge in [0.1, 0.15) is 5.65 Å². The predicted octanol–water partition coefficient (Wildman–Crippen LogP) is 3.93. The van der Waals surface area contributed by atoms with Crippen LogP contribution in [0.3, 0.4) is 0 Å². The van der Waals surface area contributed by atoms with Crippen LogP contribution in [0.15, 0.2) is 16.7 Å². The van der Waals surface area contributed by atoms with Crippen LogP contribution < -0.4 is 0 Å². The van der Waals surface area contributed by atoms with Crippen LogP contribution in [0.4, 0.5) is 0 Å². The number of hydrogen-bond acceptors (Lipinski definition) is 1. The molecule has 0 aromatic carbocycles. The molecule has 0 aliphatic heterocycles. The van der Waals surface area contributed by atoms with Crippen molar-refractivity contribution in [1.82, 2.24) is 9.97 Å². The van der Waals surface area contributed by atoms with Gasteiger partial charge in [0.05, 0.1) is 9.50 Å². The van der Waals surface area contributed by atoms with Crippen LogP contribution in [-0.2, 0) is 6.42 Å². The number of H-pyrrole nitrogens is 1. The van der Waals surface area contributed by atoms with Gasteiger partial charge in [-0.05, 0) is 28.4 Å². The zero-order valence-corrected chi connectivity index (χ0v) is 10.1. The van der Waals surface area contributed by atoms with Crippen molar-refractivity contribution in [2.24, 2.45) is 0 Å². The molecule has 0 saturated heterocycles. The third kappa shape index (κ3) is 1.66. The highest BCUT2D eigenvalue weighted by atomic mass is 79.9. The van der Waals surface area contributed by atoms with Crippen molar-refractivity contribution in [3.05, 3.63) is 27.5 Å². The van der Waals surface area contributed by atoms with Crippen LogP contribution in [0, 0.1) is 0 Å². The van der Waals surface area contributed by atoms with Crippen LogP contribution in [-0.4, -0.2) is 9.97 Å². The summed E-state index contributed by atoms with van der Waals surface area (Å²) < 4.78 is 0.841. The van der Waals surface area contributed by atoms with Crippen LogP contribution >= 0.6 is 27.5 Å². The van der Waals surface area contributed by atoms with Crippen molar-refractivity contribution < 1.29 is 0 Å². The highest BCUT2D eigenvalue weighted by Crippen LogP contribution is 2.29. The van der Waals surface area contributed by atoms with Gasteiger partial charge in [-0.3, -0.25) is 0 Å². The second kappa shape index (κ2) is 3.91. The molecular weight excluding hydrogens is 263 g/mol. The second-order valence-corrected chi connectivity index (χ2v) is 4.46. The molecule has 0 aliphatic rings. The lowest BCUT2D eigenvalue weighted by molar-refractivity contribution is 0.895. The average molecular weight is 274 g/mol. The summed E-state index contributed by atoms with van der Waals surface area (Å²) >= 11 is 9.49. The molecule has 2 nitrogen and oxygen atoms in total. The highest BCUT2D eigenvalue weighted by Gasteiger charge is 2.07. The van der Waals surface area contributed by atoms with E-state index in [0.29, 0.717) is 0 Å². The van der Waals surface area contributed by atoms with Crippen LogP contribution in [0.2, 0.25) is 5.02 Å². The first kappa shape index (κ1) is 9.99. The fourth-order valence-corrected chi connectivity index (χ4v) is 1.99. The van der Waals surface area contributed by atoms with E-state index in [4.69, 9.17) is 11.6 Å². The van der Waals surface area contributed by atoms with Gasteiger partial charge in [-0.15, -0.1) is 0 Å². The molecule has 0 bridgehead atoms. The van der Waals surface area contributed by atoms with Crippen LogP contribution in [0.25, 0.3) is 11.0 Å². The summed E-state index contributed by atoms with van der Waals surface area (Å²) in [5.74, 6) is 0. The Morgan fingerprint density at radius 2 is 2.36 bits per heavy atom. The minimum absolute atomic E-state index is 0.730. The predicted molar refractivity (Wildman–Crippen MR) is 62.8 cm³/mol. The number of aryl methyl sites for hydroxylation is 1. The van der Waals surface area contributed by atoms with Gasteiger partial charge in [-0.25, -0.2) is 4.98 Å². The maximum Gasteiger partial charge on any atom is 0.139 e. The largest absolute Gasteiger partial charge is 0.343 e. The number of nitrogens with one attached hydrogen (secondary N) is 1. The summed E-state index contributed by atoms with van der Waals surface area (Å²) in [4.78, 5) is 7.51. The quantitative estimate of drug-likeness (QED) is 0.882. The standard InChI is InChI=1S/C10H10BrClN2/c1-2-3-6-4-7-9(12)8(11)5-13-10(7)14-6/h4-5H,2-3H2,1H3,(H,13,14). The SMILES string of the molecule is CCCc1cc2c(Cl)c(Br)cnc2[nH]1. The van der Waals surface area contributed by atoms with Gasteiger partial charge in [-0.1, -0.05) is 24.9 Å². The normalized spacial score (nSPS) is 11.1. The van der Waals surface area contributed by atoms with Crippen molar-refractivity contribution in [2.45, 2.75) is 19.8 Å². The van der Waals surface area contributed by atoms with Crippen molar-refractivity contribution in [1.29, 1.82) is 0 Å². The molecule has 2 rings (SSSR count). The summed E-state index contributed by atoms with van der Waals surface area (Å²) in [7, 11) is 0. The van der Waals surface area contributed by atoms with E-state index in [0.717, 1.165) is 33.4 Å². The molecule has 0 aliphatic carbocycles. The minimum Gasteiger partial charge on any atom is -0.343 e. The lowest BCUT2D eigenvalue weighted by atomic mass is 10.2. The van der Waals surface area contributed by atoms with Gasteiger partial charge in [0.2, 0.25) is 0 Å². The Balaban J connectivity index is 2.59. The van der Waals surface area contributed by atoms with Gasteiger partial charge in [-0.2, -0.15) is 0 Å². The lowest BCUT2D eigenvalue weighted by Crippen LogP contribution is -1.81. The first-order valence-corrected chi connectivity index (χ1v) is 5.71. The van der Waals surface area contributed by atoms with Crippen molar-refractivity contribution in [2.75, 3.05) is 0 Å². The Bertz CT molecular complexity index is 464. The zero-order valence-electron chi connectivity index (χ0n) is 7.77. The molecule has 74 valence electrons. The third-order valence-corrected chi connectivity index (χ3v) is 3.36. The molecule has 4 heteroatoms. The molecule has 0 amide bonds. The molecule has 14 heavy (non-hydrogen) atoms. The molecule has 2 aromatic heterocycles. The molecule has 2 heterocycles. The van der Waals surface area contributed by atoms with Crippen LogP contribution in [0.1, 0.15) is 19.0 Å². The van der Waals surface area contributed by atoms with E-state index in [1.54, 1.807) is 6.20 Å². The molecule has 1 N–H and O–H groups in total. The smallest absolute Gasteiger partial charge is 0.139 e. The Kier molecular flexibility index (Phi) is 2.79. The van der Waals surface area contributed by atoms with Crippen molar-refractivity contribution >= 4 is 38.6 Å². The number of aromatic nitrogens is 2. The summed E-state index contributed by atoms with van der Waals surface area (Å²) in [6.07, 6.45) is 3.87. The van der Waals surface area contributed by atoms with Gasteiger partial charge in [0.25, 0.3) is 0 Å². The number of halogens is 2. The lowest BCUT2D eigenvalue weighted by Gasteiger charge is -1.94. The Labute approximate surface area is 95.8 Å². The van der Waals surface area contributed by atoms with Crippen molar-refractivity contribution in [3.8, 4) is 0 Å². The highest BCUT2D eigenvalue weighted by molar-refractivity contribution is 9.10. The molecule has 0 saturated carbocycles. The van der Waals surface area contributed by atoms with Crippen molar-refractivity contribution in [3.63, 3.8) is 0 Å². The Hall–Kier alpha value is -0.540. The first-order valence-electron chi connectivity index (χ1n) is 4.54. The summed E-state index contributed by atoms with van der Waals surface area (Å²) in [6, 6.07) is 2.07. The molecule has 0 spiro atoms. The molecular formula is C10H10BrClN2. The van der Waals surface area contributed by atoms with E-state index in [-0.39, 0.29) is 0 Å². The second-order valence-electron chi connectivity index (χ2n) is 3.23. The van der Waals surface area contributed by atoms with Crippen LogP contribution in [0.5, 0.6) is 0 Å².